The zero-order valence-electron chi connectivity index (χ0n) is 13.7. The van der Waals surface area contributed by atoms with Gasteiger partial charge >= 0.3 is 0 Å². The summed E-state index contributed by atoms with van der Waals surface area (Å²) in [5, 5.41) is 22.3. The fourth-order valence-electron chi connectivity index (χ4n) is 3.09. The first-order chi connectivity index (χ1) is 11.7. The quantitative estimate of drug-likeness (QED) is 0.452. The summed E-state index contributed by atoms with van der Waals surface area (Å²) < 4.78 is 0. The lowest BCUT2D eigenvalue weighted by Gasteiger charge is -2.25. The number of nitro groups is 2. The Bertz CT molecular complexity index is 747. The van der Waals surface area contributed by atoms with Crippen LogP contribution in [-0.4, -0.2) is 27.2 Å². The van der Waals surface area contributed by atoms with E-state index in [1.165, 1.54) is 6.92 Å². The lowest BCUT2D eigenvalue weighted by molar-refractivity contribution is -0.395. The summed E-state index contributed by atoms with van der Waals surface area (Å²) in [5.41, 5.74) is -0.772. The van der Waals surface area contributed by atoms with Crippen LogP contribution in [0.5, 0.6) is 0 Å². The van der Waals surface area contributed by atoms with Crippen LogP contribution < -0.4 is 0 Å². The second-order valence-electron chi connectivity index (χ2n) is 5.99. The fraction of sp³-hybridized carbons (Fsp3) is 0.438. The van der Waals surface area contributed by atoms with E-state index in [1.54, 1.807) is 6.92 Å². The van der Waals surface area contributed by atoms with E-state index in [2.05, 4.69) is 0 Å². The second kappa shape index (κ2) is 6.88. The molecule has 9 heteroatoms. The van der Waals surface area contributed by atoms with Crippen LogP contribution in [-0.2, 0) is 14.4 Å². The van der Waals surface area contributed by atoms with Gasteiger partial charge in [-0.2, -0.15) is 0 Å². The van der Waals surface area contributed by atoms with Gasteiger partial charge in [0.2, 0.25) is 0 Å². The zero-order chi connectivity index (χ0) is 18.9. The van der Waals surface area contributed by atoms with Gasteiger partial charge in [-0.3, -0.25) is 34.6 Å². The molecule has 0 amide bonds. The summed E-state index contributed by atoms with van der Waals surface area (Å²) >= 11 is 0. The third-order valence-electron chi connectivity index (χ3n) is 4.45. The Morgan fingerprint density at radius 3 is 1.88 bits per heavy atom. The highest BCUT2D eigenvalue weighted by atomic mass is 16.6. The maximum absolute atomic E-state index is 12.2. The molecule has 0 radical (unpaired) electrons. The number of hydrogen-bond donors (Lipinski definition) is 0. The maximum Gasteiger partial charge on any atom is 0.279 e. The molecule has 1 saturated carbocycles. The van der Waals surface area contributed by atoms with Gasteiger partial charge in [0.15, 0.2) is 17.3 Å². The number of hydrogen-bond acceptors (Lipinski definition) is 7. The van der Waals surface area contributed by atoms with Gasteiger partial charge in [-0.1, -0.05) is 6.92 Å². The summed E-state index contributed by atoms with van der Waals surface area (Å²) in [6.07, 6.45) is -0.243. The van der Waals surface area contributed by atoms with Crippen LogP contribution in [0.25, 0.3) is 0 Å². The number of carbonyl (C=O) groups excluding carboxylic acids is 3. The van der Waals surface area contributed by atoms with E-state index in [9.17, 15) is 34.6 Å². The molecule has 9 nitrogen and oxygen atoms in total. The van der Waals surface area contributed by atoms with Gasteiger partial charge in [0.25, 0.3) is 11.4 Å². The van der Waals surface area contributed by atoms with E-state index in [-0.39, 0.29) is 30.4 Å². The van der Waals surface area contributed by atoms with Crippen LogP contribution in [0.1, 0.15) is 43.2 Å². The minimum atomic E-state index is -1.28. The Kier molecular flexibility index (Phi) is 5.05. The molecule has 0 unspecified atom stereocenters. The molecule has 0 saturated heterocycles. The molecule has 25 heavy (non-hydrogen) atoms. The van der Waals surface area contributed by atoms with Gasteiger partial charge in [0, 0.05) is 31.4 Å². The number of nitro benzene ring substituents is 2. The van der Waals surface area contributed by atoms with Gasteiger partial charge < -0.3 is 0 Å². The van der Waals surface area contributed by atoms with Crippen LogP contribution in [0.2, 0.25) is 0 Å². The molecule has 0 bridgehead atoms. The first-order valence-corrected chi connectivity index (χ1v) is 7.68. The molecule has 0 N–H and O–H groups in total. The number of Topliss-reactive ketones (excluding diaryl/α,β-unsaturated/α-hetero) is 3. The van der Waals surface area contributed by atoms with Crippen LogP contribution in [0.15, 0.2) is 12.1 Å². The number of nitrogens with zero attached hydrogens (tertiary/aromatic N) is 2. The Morgan fingerprint density at radius 2 is 1.52 bits per heavy atom. The lowest BCUT2D eigenvalue weighted by Crippen LogP contribution is -2.37. The van der Waals surface area contributed by atoms with Crippen molar-refractivity contribution in [2.75, 3.05) is 0 Å². The van der Waals surface area contributed by atoms with Crippen LogP contribution in [0.3, 0.4) is 0 Å². The predicted octanol–water partition coefficient (Wildman–Crippen LogP) is 2.42. The molecule has 1 aliphatic carbocycles. The monoisotopic (exact) mass is 348 g/mol. The molecule has 0 aromatic heterocycles. The van der Waals surface area contributed by atoms with Crippen molar-refractivity contribution in [2.24, 2.45) is 5.92 Å². The highest BCUT2D eigenvalue weighted by molar-refractivity contribution is 6.20. The minimum absolute atomic E-state index is 0.0638. The van der Waals surface area contributed by atoms with Crippen molar-refractivity contribution < 1.29 is 24.2 Å². The number of rotatable bonds is 5. The van der Waals surface area contributed by atoms with Crippen LogP contribution in [0.4, 0.5) is 11.4 Å². The van der Waals surface area contributed by atoms with Crippen molar-refractivity contribution in [2.45, 2.75) is 39.0 Å². The largest absolute Gasteiger partial charge is 0.298 e. The van der Waals surface area contributed by atoms with Crippen molar-refractivity contribution in [1.29, 1.82) is 0 Å². The van der Waals surface area contributed by atoms with Gasteiger partial charge in [-0.05, 0) is 18.4 Å². The van der Waals surface area contributed by atoms with Gasteiger partial charge in [-0.15, -0.1) is 0 Å². The third-order valence-corrected chi connectivity index (χ3v) is 4.45. The maximum atomic E-state index is 12.2. The van der Waals surface area contributed by atoms with Crippen molar-refractivity contribution in [3.8, 4) is 0 Å². The van der Waals surface area contributed by atoms with E-state index in [4.69, 9.17) is 0 Å². The molecule has 2 rings (SSSR count). The van der Waals surface area contributed by atoms with Crippen molar-refractivity contribution in [1.82, 2.24) is 0 Å². The lowest BCUT2D eigenvalue weighted by atomic mass is 9.75. The molecule has 0 aliphatic heterocycles. The van der Waals surface area contributed by atoms with E-state index >= 15 is 0 Å². The number of ketones is 3. The first-order valence-electron chi connectivity index (χ1n) is 7.68. The summed E-state index contributed by atoms with van der Waals surface area (Å²) in [5.74, 6) is -3.53. The van der Waals surface area contributed by atoms with Crippen molar-refractivity contribution in [3.05, 3.63) is 43.5 Å². The minimum Gasteiger partial charge on any atom is -0.298 e. The summed E-state index contributed by atoms with van der Waals surface area (Å²) in [6, 6.07) is 2.32. The van der Waals surface area contributed by atoms with Gasteiger partial charge in [-0.25, -0.2) is 0 Å². The highest BCUT2D eigenvalue weighted by Gasteiger charge is 2.40. The molecule has 1 aromatic rings. The topological polar surface area (TPSA) is 137 Å². The average Bonchev–Trinajstić information content (AvgIpc) is 2.53. The zero-order valence-corrected chi connectivity index (χ0v) is 13.7. The molecule has 0 heterocycles. The second-order valence-corrected chi connectivity index (χ2v) is 5.99. The molecule has 1 fully saturated rings. The molecule has 1 aliphatic rings. The van der Waals surface area contributed by atoms with Crippen molar-refractivity contribution in [3.63, 3.8) is 0 Å². The first kappa shape index (κ1) is 18.4. The van der Waals surface area contributed by atoms with E-state index in [1.807, 2.05) is 0 Å². The predicted molar refractivity (Wildman–Crippen MR) is 85.3 cm³/mol. The Hall–Kier alpha value is -2.97. The van der Waals surface area contributed by atoms with Crippen LogP contribution in [0, 0.1) is 33.1 Å². The Balaban J connectivity index is 2.45. The van der Waals surface area contributed by atoms with E-state index in [0.29, 0.717) is 0 Å². The molecule has 132 valence electrons. The Labute approximate surface area is 142 Å². The van der Waals surface area contributed by atoms with Crippen molar-refractivity contribution >= 4 is 28.7 Å². The molecule has 1 aromatic carbocycles. The van der Waals surface area contributed by atoms with E-state index in [0.717, 1.165) is 12.1 Å². The fourth-order valence-corrected chi connectivity index (χ4v) is 3.09. The van der Waals surface area contributed by atoms with Gasteiger partial charge in [0.05, 0.1) is 9.85 Å². The molecular weight excluding hydrogens is 332 g/mol. The number of benzene rings is 1. The smallest absolute Gasteiger partial charge is 0.279 e. The molecule has 0 atom stereocenters. The molecular formula is C16H16N2O7. The Morgan fingerprint density at radius 1 is 1.08 bits per heavy atom. The standard InChI is InChI=1S/C16H16N2O7/c1-3-13(19)16-14(20)6-10(7-15(16)21)9-4-11(17(22)23)8(2)12(5-9)18(24)25/h4-5,10,16H,3,6-7H2,1-2H3. The molecule has 0 spiro atoms. The van der Waals surface area contributed by atoms with E-state index < -0.39 is 50.4 Å². The SMILES string of the molecule is CCC(=O)C1C(=O)CC(c2cc([N+](=O)[O-])c(C)c([N+](=O)[O-])c2)CC1=O. The summed E-state index contributed by atoms with van der Waals surface area (Å²) in [6.45, 7) is 2.83. The summed E-state index contributed by atoms with van der Waals surface area (Å²) in [7, 11) is 0. The van der Waals surface area contributed by atoms with Crippen LogP contribution >= 0.6 is 0 Å². The third kappa shape index (κ3) is 3.44. The normalized spacial score (nSPS) is 20.4. The highest BCUT2D eigenvalue weighted by Crippen LogP contribution is 2.38. The number of carbonyl (C=O) groups is 3. The van der Waals surface area contributed by atoms with Gasteiger partial charge in [0.1, 0.15) is 11.5 Å². The summed E-state index contributed by atoms with van der Waals surface area (Å²) in [4.78, 5) is 56.9. The average molecular weight is 348 g/mol.